The molecule has 21 heavy (non-hydrogen) atoms. The van der Waals surface area contributed by atoms with E-state index in [-0.39, 0.29) is 5.56 Å². The number of carbonyl (C=O) groups excluding carboxylic acids is 1. The molecule has 0 aliphatic rings. The van der Waals surface area contributed by atoms with Gasteiger partial charge in [-0.25, -0.2) is 4.39 Å². The Hall–Kier alpha value is -1.39. The number of hydrogen-bond donors (Lipinski definition) is 1. The van der Waals surface area contributed by atoms with Crippen molar-refractivity contribution in [1.82, 2.24) is 0 Å². The molecule has 0 radical (unpaired) electrons. The molecule has 0 aromatic heterocycles. The number of nitrogens with one attached hydrogen (secondary N) is 1. The van der Waals surface area contributed by atoms with Crippen LogP contribution in [0, 0.1) is 5.82 Å². The van der Waals surface area contributed by atoms with E-state index >= 15 is 0 Å². The maximum Gasteiger partial charge on any atom is 0.258 e. The quantitative estimate of drug-likeness (QED) is 0.732. The topological polar surface area (TPSA) is 29.1 Å². The van der Waals surface area contributed by atoms with E-state index in [9.17, 15) is 9.18 Å². The van der Waals surface area contributed by atoms with Crippen molar-refractivity contribution in [3.05, 3.63) is 64.4 Å². The molecule has 0 unspecified atom stereocenters. The predicted molar refractivity (Wildman–Crippen MR) is 87.9 cm³/mol. The maximum absolute atomic E-state index is 13.6. The maximum atomic E-state index is 13.6. The summed E-state index contributed by atoms with van der Waals surface area (Å²) in [5.74, 6) is -1.10. The summed E-state index contributed by atoms with van der Waals surface area (Å²) in [6, 6.07) is 11.5. The zero-order chi connectivity index (χ0) is 15.2. The summed E-state index contributed by atoms with van der Waals surface area (Å²) < 4.78 is 13.6. The van der Waals surface area contributed by atoms with Crippen molar-refractivity contribution in [3.63, 3.8) is 0 Å². The summed E-state index contributed by atoms with van der Waals surface area (Å²) in [4.78, 5) is 12.1. The summed E-state index contributed by atoms with van der Waals surface area (Å²) in [5, 5.41) is 3.95. The average Bonchev–Trinajstić information content (AvgIpc) is 2.48. The van der Waals surface area contributed by atoms with Crippen molar-refractivity contribution in [2.24, 2.45) is 0 Å². The van der Waals surface area contributed by atoms with Crippen LogP contribution in [-0.2, 0) is 6.42 Å². The Balaban J connectivity index is 2.14. The molecule has 0 saturated heterocycles. The fourth-order valence-corrected chi connectivity index (χ4v) is 2.40. The molecule has 2 rings (SSSR count). The average molecular weight is 371 g/mol. The molecule has 0 bridgehead atoms. The van der Waals surface area contributed by atoms with Crippen LogP contribution in [0.1, 0.15) is 22.3 Å². The fourth-order valence-electron chi connectivity index (χ4n) is 1.95. The molecule has 0 saturated carbocycles. The first-order valence-corrected chi connectivity index (χ1v) is 8.01. The molecule has 2 aromatic rings. The minimum absolute atomic E-state index is 0.0617. The highest BCUT2D eigenvalue weighted by Gasteiger charge is 2.12. The van der Waals surface area contributed by atoms with Crippen LogP contribution in [0.25, 0.3) is 0 Å². The van der Waals surface area contributed by atoms with Crippen LogP contribution in [-0.4, -0.2) is 11.2 Å². The molecule has 2 aromatic carbocycles. The van der Waals surface area contributed by atoms with Crippen molar-refractivity contribution < 1.29 is 9.18 Å². The summed E-state index contributed by atoms with van der Waals surface area (Å²) in [6.07, 6.45) is 1.93. The molecule has 0 atom stereocenters. The molecule has 110 valence electrons. The van der Waals surface area contributed by atoms with E-state index in [1.54, 1.807) is 6.07 Å². The highest BCUT2D eigenvalue weighted by molar-refractivity contribution is 9.09. The van der Waals surface area contributed by atoms with Crippen molar-refractivity contribution in [2.75, 3.05) is 10.6 Å². The third-order valence-corrected chi connectivity index (χ3v) is 3.75. The third-order valence-electron chi connectivity index (χ3n) is 2.96. The van der Waals surface area contributed by atoms with Crippen LogP contribution >= 0.6 is 27.5 Å². The van der Waals surface area contributed by atoms with Gasteiger partial charge in [-0.15, -0.1) is 0 Å². The van der Waals surface area contributed by atoms with Crippen LogP contribution < -0.4 is 5.32 Å². The molecular formula is C16H14BrClFNO. The Kier molecular flexibility index (Phi) is 5.76. The van der Waals surface area contributed by atoms with Gasteiger partial charge in [-0.05, 0) is 48.7 Å². The monoisotopic (exact) mass is 369 g/mol. The van der Waals surface area contributed by atoms with Crippen LogP contribution in [0.2, 0.25) is 5.02 Å². The standard InChI is InChI=1S/C16H14BrClFNO/c17-8-2-4-11-3-1-5-13(9-11)20-16(21)14-10-12(18)6-7-15(14)19/h1,3,5-7,9-10H,2,4,8H2,(H,20,21). The predicted octanol–water partition coefficient (Wildman–Crippen LogP) is 5.06. The van der Waals surface area contributed by atoms with Gasteiger partial charge in [0.2, 0.25) is 0 Å². The Morgan fingerprint density at radius 3 is 2.81 bits per heavy atom. The number of amides is 1. The first kappa shape index (κ1) is 16.0. The van der Waals surface area contributed by atoms with Gasteiger partial charge in [0.05, 0.1) is 5.56 Å². The van der Waals surface area contributed by atoms with E-state index < -0.39 is 11.7 Å². The zero-order valence-corrected chi connectivity index (χ0v) is 13.5. The first-order chi connectivity index (χ1) is 10.1. The number of halogens is 3. The van der Waals surface area contributed by atoms with E-state index in [2.05, 4.69) is 21.2 Å². The van der Waals surface area contributed by atoms with E-state index in [0.29, 0.717) is 10.7 Å². The number of hydrogen-bond acceptors (Lipinski definition) is 1. The van der Waals surface area contributed by atoms with Crippen LogP contribution in [0.5, 0.6) is 0 Å². The third kappa shape index (κ3) is 4.55. The van der Waals surface area contributed by atoms with Crippen molar-refractivity contribution in [1.29, 1.82) is 0 Å². The molecular weight excluding hydrogens is 357 g/mol. The van der Waals surface area contributed by atoms with Crippen molar-refractivity contribution in [3.8, 4) is 0 Å². The lowest BCUT2D eigenvalue weighted by Gasteiger charge is -2.08. The lowest BCUT2D eigenvalue weighted by molar-refractivity contribution is 0.102. The summed E-state index contributed by atoms with van der Waals surface area (Å²) >= 11 is 9.18. The van der Waals surface area contributed by atoms with Crippen LogP contribution in [0.15, 0.2) is 42.5 Å². The van der Waals surface area contributed by atoms with Gasteiger partial charge in [-0.2, -0.15) is 0 Å². The number of aryl methyl sites for hydroxylation is 1. The van der Waals surface area contributed by atoms with Gasteiger partial charge in [0.1, 0.15) is 5.82 Å². The molecule has 0 aliphatic carbocycles. The summed E-state index contributed by atoms with van der Waals surface area (Å²) in [6.45, 7) is 0. The Morgan fingerprint density at radius 2 is 2.05 bits per heavy atom. The van der Waals surface area contributed by atoms with Crippen LogP contribution in [0.4, 0.5) is 10.1 Å². The number of carbonyl (C=O) groups is 1. The second-order valence-corrected chi connectivity index (χ2v) is 5.80. The number of benzene rings is 2. The van der Waals surface area contributed by atoms with Gasteiger partial charge in [0, 0.05) is 16.0 Å². The number of alkyl halides is 1. The van der Waals surface area contributed by atoms with Gasteiger partial charge < -0.3 is 5.32 Å². The first-order valence-electron chi connectivity index (χ1n) is 6.51. The van der Waals surface area contributed by atoms with Crippen LogP contribution in [0.3, 0.4) is 0 Å². The SMILES string of the molecule is O=C(Nc1cccc(CCCBr)c1)c1cc(Cl)ccc1F. The van der Waals surface area contributed by atoms with Crippen molar-refractivity contribution in [2.45, 2.75) is 12.8 Å². The second-order valence-electron chi connectivity index (χ2n) is 4.57. The van der Waals surface area contributed by atoms with E-state index in [4.69, 9.17) is 11.6 Å². The van der Waals surface area contributed by atoms with E-state index in [1.165, 1.54) is 18.2 Å². The summed E-state index contributed by atoms with van der Waals surface area (Å²) in [5.41, 5.74) is 1.71. The van der Waals surface area contributed by atoms with Gasteiger partial charge in [0.15, 0.2) is 0 Å². The van der Waals surface area contributed by atoms with Gasteiger partial charge >= 0.3 is 0 Å². The fraction of sp³-hybridized carbons (Fsp3) is 0.188. The molecule has 0 aliphatic heterocycles. The van der Waals surface area contributed by atoms with Gasteiger partial charge in [-0.1, -0.05) is 39.7 Å². The van der Waals surface area contributed by atoms with Gasteiger partial charge in [0.25, 0.3) is 5.91 Å². The highest BCUT2D eigenvalue weighted by Crippen LogP contribution is 2.18. The molecule has 2 nitrogen and oxygen atoms in total. The molecule has 1 amide bonds. The molecule has 0 spiro atoms. The highest BCUT2D eigenvalue weighted by atomic mass is 79.9. The minimum Gasteiger partial charge on any atom is -0.322 e. The largest absolute Gasteiger partial charge is 0.322 e. The molecule has 1 N–H and O–H groups in total. The second kappa shape index (κ2) is 7.57. The molecule has 0 fully saturated rings. The van der Waals surface area contributed by atoms with E-state index in [0.717, 1.165) is 23.7 Å². The van der Waals surface area contributed by atoms with E-state index in [1.807, 2.05) is 18.2 Å². The Bertz CT molecular complexity index is 648. The minimum atomic E-state index is -0.590. The lowest BCUT2D eigenvalue weighted by Crippen LogP contribution is -2.13. The summed E-state index contributed by atoms with van der Waals surface area (Å²) in [7, 11) is 0. The normalized spacial score (nSPS) is 10.4. The van der Waals surface area contributed by atoms with Gasteiger partial charge in [-0.3, -0.25) is 4.79 Å². The smallest absolute Gasteiger partial charge is 0.258 e. The zero-order valence-electron chi connectivity index (χ0n) is 11.2. The lowest BCUT2D eigenvalue weighted by atomic mass is 10.1. The van der Waals surface area contributed by atoms with Crippen molar-refractivity contribution >= 4 is 39.1 Å². The molecule has 0 heterocycles. The number of rotatable bonds is 5. The Morgan fingerprint density at radius 1 is 1.24 bits per heavy atom. The molecule has 5 heteroatoms. The number of anilines is 1. The Labute approximate surface area is 136 Å².